The first-order valence-corrected chi connectivity index (χ1v) is 8.01. The van der Waals surface area contributed by atoms with Crippen molar-refractivity contribution in [1.82, 2.24) is 0 Å². The van der Waals surface area contributed by atoms with Gasteiger partial charge in [0.05, 0.1) is 0 Å². The summed E-state index contributed by atoms with van der Waals surface area (Å²) in [5.74, 6) is 0.607. The zero-order valence-electron chi connectivity index (χ0n) is 13.5. The lowest BCUT2D eigenvalue weighted by Crippen LogP contribution is -2.38. The molecule has 2 saturated carbocycles. The number of phenols is 1. The first kappa shape index (κ1) is 15.1. The number of ether oxygens (including phenoxy) is 1. The molecule has 3 rings (SSSR count). The number of aromatic hydroxyl groups is 1. The van der Waals surface area contributed by atoms with Crippen LogP contribution in [0.25, 0.3) is 6.08 Å². The Labute approximate surface area is 132 Å². The van der Waals surface area contributed by atoms with Crippen LogP contribution in [0.5, 0.6) is 5.75 Å². The van der Waals surface area contributed by atoms with Gasteiger partial charge in [-0.05, 0) is 54.4 Å². The second kappa shape index (κ2) is 5.15. The molecule has 1 aromatic carbocycles. The monoisotopic (exact) mass is 300 g/mol. The Morgan fingerprint density at radius 3 is 2.50 bits per heavy atom. The Bertz CT molecular complexity index is 600. The molecule has 0 saturated heterocycles. The van der Waals surface area contributed by atoms with Gasteiger partial charge in [0.1, 0.15) is 11.9 Å². The van der Waals surface area contributed by atoms with Crippen molar-refractivity contribution >= 4 is 12.0 Å². The maximum Gasteiger partial charge on any atom is 0.331 e. The fraction of sp³-hybridized carbons (Fsp3) is 0.526. The molecular weight excluding hydrogens is 276 g/mol. The maximum atomic E-state index is 12.1. The molecule has 0 amide bonds. The summed E-state index contributed by atoms with van der Waals surface area (Å²) in [5.41, 5.74) is 1.22. The van der Waals surface area contributed by atoms with Crippen molar-refractivity contribution in [3.63, 3.8) is 0 Å². The van der Waals surface area contributed by atoms with Crippen LogP contribution >= 0.6 is 0 Å². The van der Waals surface area contributed by atoms with E-state index in [4.69, 9.17) is 4.74 Å². The highest BCUT2D eigenvalue weighted by molar-refractivity contribution is 5.87. The van der Waals surface area contributed by atoms with E-state index < -0.39 is 0 Å². The maximum absolute atomic E-state index is 12.1. The lowest BCUT2D eigenvalue weighted by molar-refractivity contribution is -0.150. The van der Waals surface area contributed by atoms with Crippen LogP contribution in [-0.4, -0.2) is 17.2 Å². The molecule has 2 fully saturated rings. The Hall–Kier alpha value is -1.77. The molecule has 1 aromatic rings. The number of rotatable bonds is 3. The second-order valence-electron chi connectivity index (χ2n) is 7.46. The molecule has 0 aliphatic heterocycles. The van der Waals surface area contributed by atoms with Crippen molar-refractivity contribution in [1.29, 1.82) is 0 Å². The van der Waals surface area contributed by atoms with Crippen LogP contribution in [-0.2, 0) is 9.53 Å². The normalized spacial score (nSPS) is 32.5. The quantitative estimate of drug-likeness (QED) is 0.673. The molecule has 2 aliphatic carbocycles. The summed E-state index contributed by atoms with van der Waals surface area (Å²) < 4.78 is 5.75. The van der Waals surface area contributed by atoms with Gasteiger partial charge in [0, 0.05) is 11.5 Å². The SMILES string of the molecule is CC1(C)C2CCC1(C)C(OC(=O)C=Cc1ccc(O)cc1)C2. The zero-order chi connectivity index (χ0) is 16.0. The molecule has 3 unspecified atom stereocenters. The Balaban J connectivity index is 1.65. The largest absolute Gasteiger partial charge is 0.508 e. The summed E-state index contributed by atoms with van der Waals surface area (Å²) in [7, 11) is 0. The summed E-state index contributed by atoms with van der Waals surface area (Å²) in [4.78, 5) is 12.1. The molecule has 0 aromatic heterocycles. The number of carbonyl (C=O) groups excluding carboxylic acids is 1. The Morgan fingerprint density at radius 2 is 1.95 bits per heavy atom. The van der Waals surface area contributed by atoms with E-state index in [0.29, 0.717) is 5.92 Å². The van der Waals surface area contributed by atoms with Gasteiger partial charge in [-0.2, -0.15) is 0 Å². The molecule has 0 spiro atoms. The molecule has 118 valence electrons. The molecule has 2 bridgehead atoms. The molecule has 1 N–H and O–H groups in total. The van der Waals surface area contributed by atoms with Crippen LogP contribution in [0.15, 0.2) is 30.3 Å². The fourth-order valence-electron chi connectivity index (χ4n) is 4.24. The van der Waals surface area contributed by atoms with Crippen molar-refractivity contribution in [3.8, 4) is 5.75 Å². The third kappa shape index (κ3) is 2.33. The van der Waals surface area contributed by atoms with Gasteiger partial charge in [0.2, 0.25) is 0 Å². The summed E-state index contributed by atoms with van der Waals surface area (Å²) in [5, 5.41) is 9.25. The number of benzene rings is 1. The summed E-state index contributed by atoms with van der Waals surface area (Å²) in [6.07, 6.45) is 6.61. The van der Waals surface area contributed by atoms with Gasteiger partial charge >= 0.3 is 5.97 Å². The Morgan fingerprint density at radius 1 is 1.27 bits per heavy atom. The highest BCUT2D eigenvalue weighted by atomic mass is 16.5. The van der Waals surface area contributed by atoms with Crippen molar-refractivity contribution < 1.29 is 14.6 Å². The number of carbonyl (C=O) groups is 1. The number of esters is 1. The van der Waals surface area contributed by atoms with Crippen LogP contribution in [0.1, 0.15) is 45.6 Å². The van der Waals surface area contributed by atoms with E-state index in [1.54, 1.807) is 30.3 Å². The van der Waals surface area contributed by atoms with Gasteiger partial charge in [0.25, 0.3) is 0 Å². The molecule has 3 nitrogen and oxygen atoms in total. The molecule has 2 aliphatic rings. The van der Waals surface area contributed by atoms with Crippen molar-refractivity contribution in [2.45, 2.75) is 46.1 Å². The van der Waals surface area contributed by atoms with Crippen molar-refractivity contribution in [3.05, 3.63) is 35.9 Å². The van der Waals surface area contributed by atoms with Crippen LogP contribution in [0.4, 0.5) is 0 Å². The van der Waals surface area contributed by atoms with Crippen LogP contribution in [0.3, 0.4) is 0 Å². The Kier molecular flexibility index (Phi) is 3.54. The lowest BCUT2D eigenvalue weighted by Gasteiger charge is -2.38. The summed E-state index contributed by atoms with van der Waals surface area (Å²) in [6.45, 7) is 6.89. The smallest absolute Gasteiger partial charge is 0.331 e. The average molecular weight is 300 g/mol. The van der Waals surface area contributed by atoms with E-state index in [0.717, 1.165) is 18.4 Å². The second-order valence-corrected chi connectivity index (χ2v) is 7.46. The third-order valence-corrected chi connectivity index (χ3v) is 6.28. The minimum absolute atomic E-state index is 0.0261. The van der Waals surface area contributed by atoms with Gasteiger partial charge < -0.3 is 9.84 Å². The van der Waals surface area contributed by atoms with E-state index >= 15 is 0 Å². The van der Waals surface area contributed by atoms with Gasteiger partial charge in [-0.15, -0.1) is 0 Å². The number of fused-ring (bicyclic) bond motifs is 2. The predicted molar refractivity (Wildman–Crippen MR) is 86.2 cm³/mol. The first-order chi connectivity index (χ1) is 10.3. The fourth-order valence-corrected chi connectivity index (χ4v) is 4.24. The topological polar surface area (TPSA) is 46.5 Å². The van der Waals surface area contributed by atoms with Gasteiger partial charge in [-0.1, -0.05) is 32.9 Å². The van der Waals surface area contributed by atoms with E-state index in [1.807, 2.05) is 0 Å². The van der Waals surface area contributed by atoms with Crippen molar-refractivity contribution in [2.24, 2.45) is 16.7 Å². The average Bonchev–Trinajstić information content (AvgIpc) is 2.80. The van der Waals surface area contributed by atoms with Gasteiger partial charge in [-0.3, -0.25) is 0 Å². The summed E-state index contributed by atoms with van der Waals surface area (Å²) >= 11 is 0. The van der Waals surface area contributed by atoms with Gasteiger partial charge in [0.15, 0.2) is 0 Å². The third-order valence-electron chi connectivity index (χ3n) is 6.28. The summed E-state index contributed by atoms with van der Waals surface area (Å²) in [6, 6.07) is 6.73. The molecule has 3 atom stereocenters. The minimum Gasteiger partial charge on any atom is -0.508 e. The van der Waals surface area contributed by atoms with E-state index in [9.17, 15) is 9.90 Å². The molecule has 3 heteroatoms. The van der Waals surface area contributed by atoms with E-state index in [2.05, 4.69) is 20.8 Å². The molecule has 22 heavy (non-hydrogen) atoms. The van der Waals surface area contributed by atoms with Crippen molar-refractivity contribution in [2.75, 3.05) is 0 Å². The number of phenolic OH excluding ortho intramolecular Hbond substituents is 1. The highest BCUT2D eigenvalue weighted by Gasteiger charge is 2.62. The van der Waals surface area contributed by atoms with Crippen LogP contribution in [0, 0.1) is 16.7 Å². The highest BCUT2D eigenvalue weighted by Crippen LogP contribution is 2.66. The molecular formula is C19H24O3. The molecule has 0 heterocycles. The first-order valence-electron chi connectivity index (χ1n) is 8.01. The number of hydrogen-bond acceptors (Lipinski definition) is 3. The van der Waals surface area contributed by atoms with Crippen LogP contribution in [0.2, 0.25) is 0 Å². The van der Waals surface area contributed by atoms with Gasteiger partial charge in [-0.25, -0.2) is 4.79 Å². The number of hydrogen-bond donors (Lipinski definition) is 1. The molecule has 0 radical (unpaired) electrons. The minimum atomic E-state index is -0.275. The lowest BCUT2D eigenvalue weighted by atomic mass is 9.70. The van der Waals surface area contributed by atoms with Crippen LogP contribution < -0.4 is 0 Å². The van der Waals surface area contributed by atoms with E-state index in [1.165, 1.54) is 12.5 Å². The predicted octanol–water partition coefficient (Wildman–Crippen LogP) is 4.16. The van der Waals surface area contributed by atoms with E-state index in [-0.39, 0.29) is 28.7 Å². The standard InChI is InChI=1S/C19H24O3/c1-18(2)14-10-11-19(18,3)16(12-14)22-17(21)9-6-13-4-7-15(20)8-5-13/h4-9,14,16,20H,10-12H2,1-3H3. The zero-order valence-corrected chi connectivity index (χ0v) is 13.5.